The maximum atomic E-state index is 9.61. The third-order valence-corrected chi connectivity index (χ3v) is 4.59. The van der Waals surface area contributed by atoms with E-state index in [-0.39, 0.29) is 6.10 Å². The van der Waals surface area contributed by atoms with Crippen LogP contribution in [0.2, 0.25) is 0 Å². The highest BCUT2D eigenvalue weighted by Crippen LogP contribution is 2.19. The molecule has 0 radical (unpaired) electrons. The Balaban J connectivity index is 1.87. The molecule has 1 aliphatic rings. The minimum atomic E-state index is -0.155. The van der Waals surface area contributed by atoms with Gasteiger partial charge in [0.05, 0.1) is 12.8 Å². The van der Waals surface area contributed by atoms with Gasteiger partial charge in [0.15, 0.2) is 10.6 Å². The fourth-order valence-electron chi connectivity index (χ4n) is 2.87. The van der Waals surface area contributed by atoms with Gasteiger partial charge >= 0.3 is 0 Å². The summed E-state index contributed by atoms with van der Waals surface area (Å²) < 4.78 is 4.73. The lowest BCUT2D eigenvalue weighted by Crippen LogP contribution is -2.37. The normalized spacial score (nSPS) is 17.0. The first-order valence-electron chi connectivity index (χ1n) is 7.82. The van der Waals surface area contributed by atoms with Crippen LogP contribution in [0.15, 0.2) is 30.3 Å². The van der Waals surface area contributed by atoms with E-state index in [4.69, 9.17) is 17.3 Å². The molecule has 0 unspecified atom stereocenters. The summed E-state index contributed by atoms with van der Waals surface area (Å²) in [4.78, 5) is 2.30. The minimum absolute atomic E-state index is 0.155. The number of aliphatic hydroxyl groups excluding tert-OH is 1. The Hall–Kier alpha value is -1.50. The molecule has 22 heavy (non-hydrogen) atoms. The molecular formula is C16H22N4OS. The van der Waals surface area contributed by atoms with Crippen molar-refractivity contribution < 1.29 is 5.11 Å². The van der Waals surface area contributed by atoms with Gasteiger partial charge in [-0.1, -0.05) is 30.3 Å². The molecule has 118 valence electrons. The largest absolute Gasteiger partial charge is 0.393 e. The number of hydrogen-bond donors (Lipinski definition) is 1. The Morgan fingerprint density at radius 2 is 1.91 bits per heavy atom. The number of rotatable bonds is 4. The molecule has 2 aromatic rings. The molecule has 1 saturated heterocycles. The van der Waals surface area contributed by atoms with Crippen molar-refractivity contribution in [3.63, 3.8) is 0 Å². The van der Waals surface area contributed by atoms with Crippen molar-refractivity contribution >= 4 is 12.2 Å². The molecule has 0 aliphatic carbocycles. The molecule has 1 aromatic carbocycles. The maximum Gasteiger partial charge on any atom is 0.199 e. The van der Waals surface area contributed by atoms with E-state index < -0.39 is 0 Å². The number of likely N-dealkylation sites (tertiary alicyclic amines) is 1. The second kappa shape index (κ2) is 6.73. The lowest BCUT2D eigenvalue weighted by atomic mass is 10.1. The van der Waals surface area contributed by atoms with Gasteiger partial charge in [0, 0.05) is 25.2 Å². The Bertz CT molecular complexity index is 671. The van der Waals surface area contributed by atoms with Crippen LogP contribution in [0.3, 0.4) is 0 Å². The molecule has 0 bridgehead atoms. The average molecular weight is 318 g/mol. The van der Waals surface area contributed by atoms with Crippen molar-refractivity contribution in [2.75, 3.05) is 13.1 Å². The molecule has 5 nitrogen and oxygen atoms in total. The fourth-order valence-corrected chi connectivity index (χ4v) is 3.18. The van der Waals surface area contributed by atoms with Gasteiger partial charge in [-0.3, -0.25) is 4.90 Å². The highest BCUT2D eigenvalue weighted by molar-refractivity contribution is 7.71. The molecule has 0 saturated carbocycles. The summed E-state index contributed by atoms with van der Waals surface area (Å²) >= 11 is 5.59. The van der Waals surface area contributed by atoms with E-state index in [0.717, 1.165) is 48.6 Å². The standard InChI is InChI=1S/C16H22N4OS/c1-2-19-15(13-6-4-3-5-7-13)17-20(16(19)22)12-18-10-8-14(21)9-11-18/h3-7,14,21H,2,8-12H2,1H3. The van der Waals surface area contributed by atoms with Crippen LogP contribution < -0.4 is 0 Å². The SMILES string of the molecule is CCn1c(-c2ccccc2)nn(CN2CCC(O)CC2)c1=S. The minimum Gasteiger partial charge on any atom is -0.393 e. The van der Waals surface area contributed by atoms with E-state index in [1.165, 1.54) is 0 Å². The summed E-state index contributed by atoms with van der Waals surface area (Å²) in [5, 5.41) is 14.3. The van der Waals surface area contributed by atoms with Gasteiger partial charge < -0.3 is 9.67 Å². The molecule has 0 spiro atoms. The van der Waals surface area contributed by atoms with Crippen LogP contribution in [0.25, 0.3) is 11.4 Å². The Morgan fingerprint density at radius 3 is 2.55 bits per heavy atom. The van der Waals surface area contributed by atoms with Crippen molar-refractivity contribution in [1.82, 2.24) is 19.2 Å². The molecule has 0 amide bonds. The Labute approximate surface area is 135 Å². The van der Waals surface area contributed by atoms with Gasteiger partial charge in [-0.15, -0.1) is 0 Å². The average Bonchev–Trinajstić information content (AvgIpc) is 2.86. The van der Waals surface area contributed by atoms with E-state index in [9.17, 15) is 5.11 Å². The maximum absolute atomic E-state index is 9.61. The number of aliphatic hydroxyl groups is 1. The zero-order chi connectivity index (χ0) is 15.5. The van der Waals surface area contributed by atoms with Gasteiger partial charge in [0.2, 0.25) is 0 Å². The summed E-state index contributed by atoms with van der Waals surface area (Å²) in [6.45, 7) is 5.37. The van der Waals surface area contributed by atoms with E-state index >= 15 is 0 Å². The Kier molecular flexibility index (Phi) is 4.71. The Morgan fingerprint density at radius 1 is 1.23 bits per heavy atom. The second-order valence-corrected chi connectivity index (χ2v) is 6.07. The first kappa shape index (κ1) is 15.4. The molecule has 1 aromatic heterocycles. The highest BCUT2D eigenvalue weighted by Gasteiger charge is 2.19. The summed E-state index contributed by atoms with van der Waals surface area (Å²) in [6.07, 6.45) is 1.50. The highest BCUT2D eigenvalue weighted by atomic mass is 32.1. The van der Waals surface area contributed by atoms with Crippen LogP contribution in [-0.4, -0.2) is 43.5 Å². The van der Waals surface area contributed by atoms with E-state index in [0.29, 0.717) is 6.67 Å². The van der Waals surface area contributed by atoms with Crippen molar-refractivity contribution in [2.45, 2.75) is 39.1 Å². The predicted molar refractivity (Wildman–Crippen MR) is 89.0 cm³/mol. The van der Waals surface area contributed by atoms with Crippen molar-refractivity contribution in [2.24, 2.45) is 0 Å². The number of aromatic nitrogens is 3. The molecule has 3 rings (SSSR count). The third kappa shape index (κ3) is 3.14. The molecule has 0 atom stereocenters. The third-order valence-electron chi connectivity index (χ3n) is 4.16. The van der Waals surface area contributed by atoms with Crippen molar-refractivity contribution in [3.8, 4) is 11.4 Å². The number of nitrogens with zero attached hydrogens (tertiary/aromatic N) is 4. The fraction of sp³-hybridized carbons (Fsp3) is 0.500. The van der Waals surface area contributed by atoms with Crippen molar-refractivity contribution in [1.29, 1.82) is 0 Å². The first-order chi connectivity index (χ1) is 10.7. The first-order valence-corrected chi connectivity index (χ1v) is 8.23. The predicted octanol–water partition coefficient (Wildman–Crippen LogP) is 2.52. The van der Waals surface area contributed by atoms with Crippen LogP contribution in [0.4, 0.5) is 0 Å². The lowest BCUT2D eigenvalue weighted by Gasteiger charge is -2.28. The zero-order valence-corrected chi connectivity index (χ0v) is 13.7. The molecule has 2 heterocycles. The number of hydrogen-bond acceptors (Lipinski definition) is 4. The van der Waals surface area contributed by atoms with Gasteiger partial charge in [0.25, 0.3) is 0 Å². The monoisotopic (exact) mass is 318 g/mol. The van der Waals surface area contributed by atoms with Crippen LogP contribution in [0.5, 0.6) is 0 Å². The molecule has 1 fully saturated rings. The smallest absolute Gasteiger partial charge is 0.199 e. The van der Waals surface area contributed by atoms with Gasteiger partial charge in [0.1, 0.15) is 0 Å². The van der Waals surface area contributed by atoms with Gasteiger partial charge in [-0.2, -0.15) is 5.10 Å². The molecular weight excluding hydrogens is 296 g/mol. The van der Waals surface area contributed by atoms with Crippen LogP contribution >= 0.6 is 12.2 Å². The summed E-state index contributed by atoms with van der Waals surface area (Å²) in [5.74, 6) is 0.921. The quantitative estimate of drug-likeness (QED) is 0.880. The van der Waals surface area contributed by atoms with Crippen LogP contribution in [0.1, 0.15) is 19.8 Å². The molecule has 1 aliphatic heterocycles. The molecule has 1 N–H and O–H groups in total. The van der Waals surface area contributed by atoms with E-state index in [2.05, 4.69) is 28.5 Å². The summed E-state index contributed by atoms with van der Waals surface area (Å²) in [7, 11) is 0. The lowest BCUT2D eigenvalue weighted by molar-refractivity contribution is 0.0650. The summed E-state index contributed by atoms with van der Waals surface area (Å²) in [5.41, 5.74) is 1.09. The van der Waals surface area contributed by atoms with E-state index in [1.54, 1.807) is 0 Å². The van der Waals surface area contributed by atoms with Crippen LogP contribution in [-0.2, 0) is 13.2 Å². The second-order valence-electron chi connectivity index (χ2n) is 5.71. The van der Waals surface area contributed by atoms with Gasteiger partial charge in [-0.25, -0.2) is 4.68 Å². The van der Waals surface area contributed by atoms with Crippen LogP contribution in [0, 0.1) is 4.77 Å². The topological polar surface area (TPSA) is 46.2 Å². The van der Waals surface area contributed by atoms with Crippen molar-refractivity contribution in [3.05, 3.63) is 35.1 Å². The molecule has 6 heteroatoms. The number of benzene rings is 1. The zero-order valence-electron chi connectivity index (χ0n) is 12.9. The van der Waals surface area contributed by atoms with Gasteiger partial charge in [-0.05, 0) is 32.0 Å². The van der Waals surface area contributed by atoms with E-state index in [1.807, 2.05) is 22.9 Å². The number of piperidine rings is 1. The summed E-state index contributed by atoms with van der Waals surface area (Å²) in [6, 6.07) is 10.2.